The SMILES string of the molecule is N#Cc1ccc(-c2cc(NC(=O)c3cc(CNCC4CCC4)cn(C4CC4)c3=O)nc(C3CC3)c2)c(C(=O)N2CC(F)(F)C2)c1. The number of pyridine rings is 2. The molecule has 1 aliphatic heterocycles. The van der Waals surface area contributed by atoms with Crippen LogP contribution in [0.2, 0.25) is 0 Å². The fourth-order valence-corrected chi connectivity index (χ4v) is 6.07. The zero-order valence-electron chi connectivity index (χ0n) is 24.8. The molecule has 4 fully saturated rings. The number of anilines is 1. The van der Waals surface area contributed by atoms with Gasteiger partial charge in [0.1, 0.15) is 11.4 Å². The van der Waals surface area contributed by atoms with Gasteiger partial charge in [0.05, 0.1) is 24.7 Å². The van der Waals surface area contributed by atoms with Crippen LogP contribution >= 0.6 is 0 Å². The molecule has 3 heterocycles. The van der Waals surface area contributed by atoms with E-state index >= 15 is 0 Å². The second kappa shape index (κ2) is 11.5. The van der Waals surface area contributed by atoms with Crippen LogP contribution in [-0.2, 0) is 6.54 Å². The number of rotatable bonds is 10. The number of nitriles is 1. The van der Waals surface area contributed by atoms with Gasteiger partial charge in [0.25, 0.3) is 23.3 Å². The topological polar surface area (TPSA) is 120 Å². The number of halogens is 2. The van der Waals surface area contributed by atoms with E-state index in [0.29, 0.717) is 23.6 Å². The van der Waals surface area contributed by atoms with Gasteiger partial charge in [0.2, 0.25) is 0 Å². The number of hydrogen-bond acceptors (Lipinski definition) is 6. The third-order valence-electron chi connectivity index (χ3n) is 9.18. The van der Waals surface area contributed by atoms with E-state index in [9.17, 15) is 28.4 Å². The molecule has 0 spiro atoms. The lowest BCUT2D eigenvalue weighted by molar-refractivity contribution is -0.113. The number of carbonyl (C=O) groups is 2. The molecule has 11 heteroatoms. The summed E-state index contributed by atoms with van der Waals surface area (Å²) < 4.78 is 28.9. The minimum Gasteiger partial charge on any atom is -0.326 e. The molecule has 9 nitrogen and oxygen atoms in total. The Kier molecular flexibility index (Phi) is 7.48. The summed E-state index contributed by atoms with van der Waals surface area (Å²) in [5, 5.41) is 15.8. The van der Waals surface area contributed by atoms with Crippen molar-refractivity contribution in [1.82, 2.24) is 19.8 Å². The average molecular weight is 613 g/mol. The first-order valence-electron chi connectivity index (χ1n) is 15.7. The maximum Gasteiger partial charge on any atom is 0.282 e. The fourth-order valence-electron chi connectivity index (χ4n) is 6.07. The molecular weight excluding hydrogens is 578 g/mol. The summed E-state index contributed by atoms with van der Waals surface area (Å²) in [5.41, 5.74) is 2.66. The van der Waals surface area contributed by atoms with Crippen molar-refractivity contribution in [2.75, 3.05) is 25.0 Å². The Morgan fingerprint density at radius 2 is 1.80 bits per heavy atom. The third kappa shape index (κ3) is 6.25. The predicted molar refractivity (Wildman–Crippen MR) is 163 cm³/mol. The van der Waals surface area contributed by atoms with Gasteiger partial charge in [-0.2, -0.15) is 5.26 Å². The van der Waals surface area contributed by atoms with Crippen LogP contribution in [0.5, 0.6) is 0 Å². The molecule has 4 aliphatic rings. The second-order valence-corrected chi connectivity index (χ2v) is 12.9. The van der Waals surface area contributed by atoms with E-state index in [-0.39, 0.29) is 40.0 Å². The molecule has 0 radical (unpaired) electrons. The number of nitrogens with one attached hydrogen (secondary N) is 2. The zero-order valence-corrected chi connectivity index (χ0v) is 24.8. The minimum absolute atomic E-state index is 0.0398. The molecule has 0 unspecified atom stereocenters. The number of hydrogen-bond donors (Lipinski definition) is 2. The molecular formula is C34H34F2N6O3. The van der Waals surface area contributed by atoms with E-state index in [1.54, 1.807) is 28.8 Å². The van der Waals surface area contributed by atoms with Crippen LogP contribution in [0.15, 0.2) is 47.4 Å². The molecule has 3 aliphatic carbocycles. The lowest BCUT2D eigenvalue weighted by Crippen LogP contribution is -2.58. The first kappa shape index (κ1) is 29.3. The first-order chi connectivity index (χ1) is 21.7. The summed E-state index contributed by atoms with van der Waals surface area (Å²) in [7, 11) is 0. The number of nitrogens with zero attached hydrogens (tertiary/aromatic N) is 4. The number of benzene rings is 1. The molecule has 3 aromatic rings. The Bertz CT molecular complexity index is 1780. The van der Waals surface area contributed by atoms with Crippen LogP contribution in [0.1, 0.15) is 94.4 Å². The highest BCUT2D eigenvalue weighted by molar-refractivity contribution is 6.05. The molecule has 2 aromatic heterocycles. The quantitative estimate of drug-likeness (QED) is 0.324. The molecule has 45 heavy (non-hydrogen) atoms. The van der Waals surface area contributed by atoms with Crippen LogP contribution in [0.3, 0.4) is 0 Å². The summed E-state index contributed by atoms with van der Waals surface area (Å²) in [6, 6.07) is 11.8. The molecule has 1 aromatic carbocycles. The van der Waals surface area contributed by atoms with E-state index in [0.717, 1.165) is 48.4 Å². The van der Waals surface area contributed by atoms with Gasteiger partial charge in [-0.15, -0.1) is 0 Å². The molecule has 2 amide bonds. The Labute approximate surface area is 259 Å². The summed E-state index contributed by atoms with van der Waals surface area (Å²) >= 11 is 0. The Hall–Kier alpha value is -4.43. The van der Waals surface area contributed by atoms with Crippen molar-refractivity contribution in [2.45, 2.75) is 69.4 Å². The summed E-state index contributed by atoms with van der Waals surface area (Å²) in [6.07, 6.45) is 9.21. The Morgan fingerprint density at radius 3 is 2.44 bits per heavy atom. The number of amides is 2. The molecule has 232 valence electrons. The first-order valence-corrected chi connectivity index (χ1v) is 15.7. The molecule has 0 atom stereocenters. The highest BCUT2D eigenvalue weighted by Crippen LogP contribution is 2.42. The number of alkyl halides is 2. The zero-order chi connectivity index (χ0) is 31.3. The molecule has 1 saturated heterocycles. The van der Waals surface area contributed by atoms with Crippen molar-refractivity contribution in [2.24, 2.45) is 5.92 Å². The van der Waals surface area contributed by atoms with Gasteiger partial charge in [-0.3, -0.25) is 14.4 Å². The van der Waals surface area contributed by atoms with Crippen molar-refractivity contribution < 1.29 is 18.4 Å². The number of likely N-dealkylation sites (tertiary alicyclic amines) is 1. The Balaban J connectivity index is 1.19. The Morgan fingerprint density at radius 1 is 1.02 bits per heavy atom. The van der Waals surface area contributed by atoms with Crippen molar-refractivity contribution in [3.05, 3.63) is 80.9 Å². The lowest BCUT2D eigenvalue weighted by Gasteiger charge is -2.39. The van der Waals surface area contributed by atoms with Gasteiger partial charge in [-0.05, 0) is 98.0 Å². The summed E-state index contributed by atoms with van der Waals surface area (Å²) in [4.78, 5) is 46.1. The standard InChI is InChI=1S/C34H34F2N6O3/c35-34(36)18-41(19-34)32(44)27-10-21(14-37)4-9-26(27)24-12-29(23-5-6-23)39-30(13-24)40-31(43)28-11-22(16-38-15-20-2-1-3-20)17-42(33(28)45)25-7-8-25/h4,9-13,17,20,23,25,38H,1-3,5-8,15-16,18-19H2,(H,39,40,43). The van der Waals surface area contributed by atoms with Crippen LogP contribution in [0.4, 0.5) is 14.6 Å². The predicted octanol–water partition coefficient (Wildman–Crippen LogP) is 5.23. The summed E-state index contributed by atoms with van der Waals surface area (Å²) in [6.45, 7) is 0.105. The van der Waals surface area contributed by atoms with E-state index in [1.165, 1.54) is 25.3 Å². The monoisotopic (exact) mass is 612 g/mol. The average Bonchev–Trinajstić information content (AvgIpc) is 3.90. The van der Waals surface area contributed by atoms with E-state index in [4.69, 9.17) is 0 Å². The van der Waals surface area contributed by atoms with Crippen LogP contribution in [0.25, 0.3) is 11.1 Å². The largest absolute Gasteiger partial charge is 0.326 e. The van der Waals surface area contributed by atoms with Crippen LogP contribution < -0.4 is 16.2 Å². The van der Waals surface area contributed by atoms with Crippen molar-refractivity contribution >= 4 is 17.6 Å². The normalized spacial score (nSPS) is 18.9. The maximum absolute atomic E-state index is 13.7. The van der Waals surface area contributed by atoms with Crippen molar-refractivity contribution in [3.63, 3.8) is 0 Å². The smallest absolute Gasteiger partial charge is 0.282 e. The van der Waals surface area contributed by atoms with Gasteiger partial charge in [-0.1, -0.05) is 12.5 Å². The van der Waals surface area contributed by atoms with Crippen molar-refractivity contribution in [3.8, 4) is 17.2 Å². The van der Waals surface area contributed by atoms with Gasteiger partial charge >= 0.3 is 0 Å². The van der Waals surface area contributed by atoms with Crippen LogP contribution in [-0.4, -0.2) is 51.8 Å². The van der Waals surface area contributed by atoms with Gasteiger partial charge < -0.3 is 20.1 Å². The molecule has 3 saturated carbocycles. The van der Waals surface area contributed by atoms with Gasteiger partial charge in [0, 0.05) is 36.0 Å². The van der Waals surface area contributed by atoms with E-state index in [2.05, 4.69) is 15.6 Å². The molecule has 0 bridgehead atoms. The van der Waals surface area contributed by atoms with Crippen LogP contribution in [0, 0.1) is 17.2 Å². The molecule has 2 N–H and O–H groups in total. The third-order valence-corrected chi connectivity index (χ3v) is 9.18. The minimum atomic E-state index is -2.93. The fraction of sp³-hybridized carbons (Fsp3) is 0.441. The highest BCUT2D eigenvalue weighted by Gasteiger charge is 2.46. The lowest BCUT2D eigenvalue weighted by atomic mass is 9.85. The number of aromatic nitrogens is 2. The van der Waals surface area contributed by atoms with E-state index < -0.39 is 30.8 Å². The van der Waals surface area contributed by atoms with Gasteiger partial charge in [-0.25, -0.2) is 13.8 Å². The van der Waals surface area contributed by atoms with E-state index in [1.807, 2.05) is 18.3 Å². The van der Waals surface area contributed by atoms with Crippen molar-refractivity contribution in [1.29, 1.82) is 5.26 Å². The number of carbonyl (C=O) groups excluding carboxylic acids is 2. The second-order valence-electron chi connectivity index (χ2n) is 12.9. The highest BCUT2D eigenvalue weighted by atomic mass is 19.3. The van der Waals surface area contributed by atoms with Gasteiger partial charge in [0.15, 0.2) is 0 Å². The maximum atomic E-state index is 13.7. The molecule has 7 rings (SSSR count). The summed E-state index contributed by atoms with van der Waals surface area (Å²) in [5.74, 6) is -3.00.